The first-order valence-electron chi connectivity index (χ1n) is 3.94. The molecule has 0 aromatic heterocycles. The zero-order valence-electron chi connectivity index (χ0n) is 6.88. The highest BCUT2D eigenvalue weighted by Crippen LogP contribution is 2.17. The van der Waals surface area contributed by atoms with Gasteiger partial charge in [0, 0.05) is 13.2 Å². The first kappa shape index (κ1) is 9.92. The van der Waals surface area contributed by atoms with Gasteiger partial charge in [0.1, 0.15) is 0 Å². The van der Waals surface area contributed by atoms with Gasteiger partial charge in [0.05, 0.1) is 0 Å². The molecule has 0 aliphatic heterocycles. The highest BCUT2D eigenvalue weighted by Gasteiger charge is 2.10. The lowest BCUT2D eigenvalue weighted by atomic mass is 9.90. The minimum absolute atomic E-state index is 0.239. The molecule has 0 saturated heterocycles. The summed E-state index contributed by atoms with van der Waals surface area (Å²) in [5.41, 5.74) is 0. The summed E-state index contributed by atoms with van der Waals surface area (Å²) in [6.07, 6.45) is 1.64. The second-order valence-electron chi connectivity index (χ2n) is 3.03. The molecule has 2 N–H and O–H groups in total. The van der Waals surface area contributed by atoms with Gasteiger partial charge < -0.3 is 10.2 Å². The normalized spacial score (nSPS) is 11.4. The van der Waals surface area contributed by atoms with Crippen LogP contribution >= 0.6 is 0 Å². The maximum absolute atomic E-state index is 8.63. The molecule has 0 aromatic carbocycles. The Morgan fingerprint density at radius 3 is 1.60 bits per heavy atom. The number of hydrogen-bond acceptors (Lipinski definition) is 2. The van der Waals surface area contributed by atoms with Crippen molar-refractivity contribution >= 4 is 0 Å². The lowest BCUT2D eigenvalue weighted by Gasteiger charge is -2.17. The Balaban J connectivity index is 3.50. The third kappa shape index (κ3) is 3.85. The van der Waals surface area contributed by atoms with Crippen molar-refractivity contribution in [3.63, 3.8) is 0 Å². The molecule has 0 aromatic rings. The molecule has 0 fully saturated rings. The minimum Gasteiger partial charge on any atom is -0.396 e. The van der Waals surface area contributed by atoms with Gasteiger partial charge >= 0.3 is 0 Å². The molecular weight excluding hydrogens is 128 g/mol. The molecule has 0 unspecified atom stereocenters. The van der Waals surface area contributed by atoms with Crippen LogP contribution < -0.4 is 0 Å². The van der Waals surface area contributed by atoms with Crippen LogP contribution in [0.25, 0.3) is 0 Å². The van der Waals surface area contributed by atoms with Crippen LogP contribution in [-0.4, -0.2) is 23.4 Å². The van der Waals surface area contributed by atoms with Crippen LogP contribution in [0.15, 0.2) is 0 Å². The Labute approximate surface area is 62.9 Å². The molecular formula is C8H18O2. The Morgan fingerprint density at radius 1 is 1.00 bits per heavy atom. The van der Waals surface area contributed by atoms with E-state index in [1.807, 2.05) is 0 Å². The quantitative estimate of drug-likeness (QED) is 0.608. The maximum atomic E-state index is 8.63. The monoisotopic (exact) mass is 146 g/mol. The lowest BCUT2D eigenvalue weighted by molar-refractivity contribution is 0.188. The largest absolute Gasteiger partial charge is 0.396 e. The van der Waals surface area contributed by atoms with E-state index in [9.17, 15) is 0 Å². The van der Waals surface area contributed by atoms with Crippen LogP contribution in [0.2, 0.25) is 0 Å². The van der Waals surface area contributed by atoms with Crippen molar-refractivity contribution in [2.75, 3.05) is 13.2 Å². The van der Waals surface area contributed by atoms with Crippen LogP contribution in [0.3, 0.4) is 0 Å². The van der Waals surface area contributed by atoms with Gasteiger partial charge in [-0.15, -0.1) is 0 Å². The molecule has 0 spiro atoms. The van der Waals surface area contributed by atoms with Gasteiger partial charge in [-0.1, -0.05) is 13.8 Å². The fourth-order valence-electron chi connectivity index (χ4n) is 1.14. The molecule has 62 valence electrons. The minimum atomic E-state index is 0.239. The average Bonchev–Trinajstić information content (AvgIpc) is 1.87. The van der Waals surface area contributed by atoms with E-state index in [4.69, 9.17) is 10.2 Å². The molecule has 10 heavy (non-hydrogen) atoms. The topological polar surface area (TPSA) is 40.5 Å². The second-order valence-corrected chi connectivity index (χ2v) is 3.03. The Bertz CT molecular complexity index is 65.7. The van der Waals surface area contributed by atoms with E-state index in [-0.39, 0.29) is 13.2 Å². The van der Waals surface area contributed by atoms with Gasteiger partial charge in [-0.3, -0.25) is 0 Å². The summed E-state index contributed by atoms with van der Waals surface area (Å²) >= 11 is 0. The van der Waals surface area contributed by atoms with E-state index in [2.05, 4.69) is 13.8 Å². The molecule has 0 aliphatic rings. The van der Waals surface area contributed by atoms with Crippen molar-refractivity contribution in [1.29, 1.82) is 0 Å². The van der Waals surface area contributed by atoms with E-state index >= 15 is 0 Å². The van der Waals surface area contributed by atoms with Gasteiger partial charge in [0.25, 0.3) is 0 Å². The molecule has 0 radical (unpaired) electrons. The van der Waals surface area contributed by atoms with Crippen LogP contribution in [0.4, 0.5) is 0 Å². The number of aliphatic hydroxyl groups is 2. The van der Waals surface area contributed by atoms with Crippen LogP contribution in [0, 0.1) is 11.8 Å². The van der Waals surface area contributed by atoms with Gasteiger partial charge in [-0.25, -0.2) is 0 Å². The summed E-state index contributed by atoms with van der Waals surface area (Å²) in [5.74, 6) is 1.05. The summed E-state index contributed by atoms with van der Waals surface area (Å²) in [7, 11) is 0. The van der Waals surface area contributed by atoms with E-state index in [0.29, 0.717) is 11.8 Å². The smallest absolute Gasteiger partial charge is 0.0433 e. The SMILES string of the molecule is CC(C)C(CCO)CCO. The third-order valence-corrected chi connectivity index (χ3v) is 1.94. The Morgan fingerprint density at radius 2 is 1.40 bits per heavy atom. The van der Waals surface area contributed by atoms with Gasteiger partial charge in [0.15, 0.2) is 0 Å². The van der Waals surface area contributed by atoms with E-state index in [1.165, 1.54) is 0 Å². The molecule has 2 heteroatoms. The zero-order chi connectivity index (χ0) is 7.98. The molecule has 0 saturated carbocycles. The van der Waals surface area contributed by atoms with Crippen molar-refractivity contribution in [1.82, 2.24) is 0 Å². The summed E-state index contributed by atoms with van der Waals surface area (Å²) in [6, 6.07) is 0. The Kier molecular flexibility index (Phi) is 5.64. The number of aliphatic hydroxyl groups excluding tert-OH is 2. The second kappa shape index (κ2) is 5.69. The zero-order valence-corrected chi connectivity index (χ0v) is 6.88. The predicted molar refractivity (Wildman–Crippen MR) is 41.7 cm³/mol. The fourth-order valence-corrected chi connectivity index (χ4v) is 1.14. The highest BCUT2D eigenvalue weighted by atomic mass is 16.3. The van der Waals surface area contributed by atoms with Gasteiger partial charge in [-0.05, 0) is 24.7 Å². The van der Waals surface area contributed by atoms with E-state index in [1.54, 1.807) is 0 Å². The maximum Gasteiger partial charge on any atom is 0.0433 e. The summed E-state index contributed by atoms with van der Waals surface area (Å²) in [6.45, 7) is 4.72. The number of rotatable bonds is 5. The molecule has 0 rings (SSSR count). The molecule has 0 atom stereocenters. The van der Waals surface area contributed by atoms with E-state index in [0.717, 1.165) is 12.8 Å². The lowest BCUT2D eigenvalue weighted by Crippen LogP contribution is -2.12. The molecule has 0 bridgehead atoms. The summed E-state index contributed by atoms with van der Waals surface area (Å²) in [5, 5.41) is 17.3. The first-order valence-corrected chi connectivity index (χ1v) is 3.94. The van der Waals surface area contributed by atoms with Gasteiger partial charge in [0.2, 0.25) is 0 Å². The fraction of sp³-hybridized carbons (Fsp3) is 1.00. The van der Waals surface area contributed by atoms with Crippen molar-refractivity contribution < 1.29 is 10.2 Å². The van der Waals surface area contributed by atoms with Crippen molar-refractivity contribution in [3.05, 3.63) is 0 Å². The van der Waals surface area contributed by atoms with Crippen LogP contribution in [0.5, 0.6) is 0 Å². The third-order valence-electron chi connectivity index (χ3n) is 1.94. The van der Waals surface area contributed by atoms with Gasteiger partial charge in [-0.2, -0.15) is 0 Å². The molecule has 0 heterocycles. The molecule has 0 amide bonds. The molecule has 2 nitrogen and oxygen atoms in total. The number of hydrogen-bond donors (Lipinski definition) is 2. The van der Waals surface area contributed by atoms with E-state index < -0.39 is 0 Å². The van der Waals surface area contributed by atoms with Crippen molar-refractivity contribution in [3.8, 4) is 0 Å². The average molecular weight is 146 g/mol. The Hall–Kier alpha value is -0.0800. The standard InChI is InChI=1S/C8H18O2/c1-7(2)8(3-5-9)4-6-10/h7-10H,3-6H2,1-2H3. The van der Waals surface area contributed by atoms with Crippen molar-refractivity contribution in [2.45, 2.75) is 26.7 Å². The van der Waals surface area contributed by atoms with Crippen LogP contribution in [-0.2, 0) is 0 Å². The summed E-state index contributed by atoms with van der Waals surface area (Å²) in [4.78, 5) is 0. The van der Waals surface area contributed by atoms with Crippen molar-refractivity contribution in [2.24, 2.45) is 11.8 Å². The summed E-state index contributed by atoms with van der Waals surface area (Å²) < 4.78 is 0. The highest BCUT2D eigenvalue weighted by molar-refractivity contribution is 4.61. The molecule has 0 aliphatic carbocycles. The van der Waals surface area contributed by atoms with Crippen LogP contribution in [0.1, 0.15) is 26.7 Å². The first-order chi connectivity index (χ1) is 4.72. The predicted octanol–water partition coefficient (Wildman–Crippen LogP) is 1.02.